The number of hydrogen-bond donors (Lipinski definition) is 2. The van der Waals surface area contributed by atoms with Crippen molar-refractivity contribution in [2.75, 3.05) is 7.05 Å². The van der Waals surface area contributed by atoms with E-state index < -0.39 is 0 Å². The summed E-state index contributed by atoms with van der Waals surface area (Å²) in [6.45, 7) is 8.00. The molecular weight excluding hydrogens is 324 g/mol. The fourth-order valence-electron chi connectivity index (χ4n) is 1.83. The Bertz CT molecular complexity index is 656. The molecule has 1 rings (SSSR count). The summed E-state index contributed by atoms with van der Waals surface area (Å²) in [5.41, 5.74) is 0.327. The molecule has 0 saturated heterocycles. The minimum absolute atomic E-state index is 0.157. The average molecular weight is 348 g/mol. The van der Waals surface area contributed by atoms with Gasteiger partial charge in [0.15, 0.2) is 0 Å². The molecule has 0 spiro atoms. The monoisotopic (exact) mass is 348 g/mol. The van der Waals surface area contributed by atoms with Gasteiger partial charge in [-0.15, -0.1) is 0 Å². The fourth-order valence-corrected chi connectivity index (χ4v) is 2.80. The van der Waals surface area contributed by atoms with Crippen molar-refractivity contribution in [1.82, 2.24) is 20.6 Å². The molecule has 1 aromatic heterocycles. The summed E-state index contributed by atoms with van der Waals surface area (Å²) in [5.74, 6) is -0.693. The Morgan fingerprint density at radius 2 is 1.92 bits per heavy atom. The van der Waals surface area contributed by atoms with Crippen LogP contribution in [0, 0.1) is 0 Å². The van der Waals surface area contributed by atoms with Gasteiger partial charge in [-0.25, -0.2) is 9.97 Å². The molecule has 0 saturated carbocycles. The second-order valence-corrected chi connectivity index (χ2v) is 6.40. The lowest BCUT2D eigenvalue weighted by Gasteiger charge is -2.17. The largest absolute Gasteiger partial charge is 0.354 e. The molecule has 130 valence electrons. The number of aromatic nitrogens is 2. The van der Waals surface area contributed by atoms with Crippen molar-refractivity contribution >= 4 is 23.6 Å². The zero-order valence-corrected chi connectivity index (χ0v) is 15.5. The van der Waals surface area contributed by atoms with Gasteiger partial charge in [0.05, 0.1) is 6.04 Å². The predicted octanol–water partition coefficient (Wildman–Crippen LogP) is 2.91. The van der Waals surface area contributed by atoms with Crippen molar-refractivity contribution in [1.29, 1.82) is 0 Å². The summed E-state index contributed by atoms with van der Waals surface area (Å²) >= 11 is 1.64. The number of hydrogen-bond acceptors (Lipinski definition) is 5. The van der Waals surface area contributed by atoms with E-state index in [-0.39, 0.29) is 29.2 Å². The molecule has 0 aliphatic carbocycles. The number of nitrogens with one attached hydrogen (secondary N) is 2. The Labute approximate surface area is 147 Å². The van der Waals surface area contributed by atoms with Gasteiger partial charge < -0.3 is 10.6 Å². The Morgan fingerprint density at radius 1 is 1.29 bits per heavy atom. The van der Waals surface area contributed by atoms with Crippen molar-refractivity contribution in [3.63, 3.8) is 0 Å². The van der Waals surface area contributed by atoms with Gasteiger partial charge in [0.25, 0.3) is 11.8 Å². The van der Waals surface area contributed by atoms with E-state index in [4.69, 9.17) is 0 Å². The van der Waals surface area contributed by atoms with Crippen LogP contribution in [0.4, 0.5) is 0 Å². The maximum Gasteiger partial charge on any atom is 0.270 e. The third kappa shape index (κ3) is 5.81. The van der Waals surface area contributed by atoms with Crippen LogP contribution in [0.5, 0.6) is 0 Å². The lowest BCUT2D eigenvalue weighted by molar-refractivity contribution is 0.0941. The van der Waals surface area contributed by atoms with Crippen molar-refractivity contribution in [2.45, 2.75) is 40.2 Å². The summed E-state index contributed by atoms with van der Waals surface area (Å²) in [7, 11) is 1.51. The molecule has 24 heavy (non-hydrogen) atoms. The molecule has 0 fully saturated rings. The minimum Gasteiger partial charge on any atom is -0.354 e. The van der Waals surface area contributed by atoms with E-state index in [2.05, 4.69) is 33.6 Å². The van der Waals surface area contributed by atoms with Crippen LogP contribution in [-0.4, -0.2) is 34.9 Å². The number of nitrogens with zero attached hydrogens (tertiary/aromatic N) is 2. The zero-order valence-electron chi connectivity index (χ0n) is 14.7. The molecule has 1 aromatic rings. The maximum absolute atomic E-state index is 12.4. The number of rotatable bonds is 7. The van der Waals surface area contributed by atoms with E-state index in [0.717, 1.165) is 11.3 Å². The molecule has 1 atom stereocenters. The molecule has 0 radical (unpaired) electrons. The molecule has 2 amide bonds. The Kier molecular flexibility index (Phi) is 8.18. The first-order valence-corrected chi connectivity index (χ1v) is 8.60. The third-order valence-electron chi connectivity index (χ3n) is 3.22. The van der Waals surface area contributed by atoms with E-state index in [1.54, 1.807) is 11.8 Å². The smallest absolute Gasteiger partial charge is 0.270 e. The van der Waals surface area contributed by atoms with E-state index >= 15 is 0 Å². The van der Waals surface area contributed by atoms with Crippen LogP contribution in [0.1, 0.15) is 55.1 Å². The molecular formula is C17H24N4O2S. The SMILES string of the molecule is C/C=C(/C)S/C(=C/CC)C(C)NC(=O)c1cc(C(=O)NC)ncn1. The van der Waals surface area contributed by atoms with Gasteiger partial charge in [0, 0.05) is 18.0 Å². The van der Waals surface area contributed by atoms with Crippen LogP contribution in [0.2, 0.25) is 0 Å². The molecule has 0 aliphatic heterocycles. The second-order valence-electron chi connectivity index (χ2n) is 5.08. The lowest BCUT2D eigenvalue weighted by atomic mass is 10.2. The van der Waals surface area contributed by atoms with Crippen LogP contribution in [0.15, 0.2) is 34.4 Å². The average Bonchev–Trinajstić information content (AvgIpc) is 2.60. The lowest BCUT2D eigenvalue weighted by Crippen LogP contribution is -2.34. The Hall–Kier alpha value is -2.15. The zero-order chi connectivity index (χ0) is 18.1. The summed E-state index contributed by atoms with van der Waals surface area (Å²) in [5, 5.41) is 5.39. The molecule has 1 heterocycles. The van der Waals surface area contributed by atoms with Gasteiger partial charge in [0.2, 0.25) is 0 Å². The number of amides is 2. The van der Waals surface area contributed by atoms with Crippen LogP contribution in [-0.2, 0) is 0 Å². The van der Waals surface area contributed by atoms with Crippen molar-refractivity contribution < 1.29 is 9.59 Å². The highest BCUT2D eigenvalue weighted by molar-refractivity contribution is 8.06. The van der Waals surface area contributed by atoms with E-state index in [9.17, 15) is 9.59 Å². The third-order valence-corrected chi connectivity index (χ3v) is 4.54. The standard InChI is InChI=1S/C17H24N4O2S/c1-6-8-15(24-11(3)7-2)12(4)21-17(23)14-9-13(16(22)18-5)19-10-20-14/h7-10,12H,6H2,1-5H3,(H,18,22)(H,21,23)/b11-7-,15-8+. The summed E-state index contributed by atoms with van der Waals surface area (Å²) < 4.78 is 0. The first kappa shape index (κ1) is 19.9. The quantitative estimate of drug-likeness (QED) is 0.791. The Morgan fingerprint density at radius 3 is 2.46 bits per heavy atom. The number of thioether (sulfide) groups is 1. The van der Waals surface area contributed by atoms with E-state index in [0.29, 0.717) is 0 Å². The van der Waals surface area contributed by atoms with Crippen molar-refractivity contribution in [3.05, 3.63) is 45.7 Å². The summed E-state index contributed by atoms with van der Waals surface area (Å²) in [6, 6.07) is 1.23. The second kappa shape index (κ2) is 9.87. The maximum atomic E-state index is 12.4. The molecule has 7 heteroatoms. The van der Waals surface area contributed by atoms with Crippen LogP contribution in [0.3, 0.4) is 0 Å². The minimum atomic E-state index is -0.356. The van der Waals surface area contributed by atoms with Crippen LogP contribution in [0.25, 0.3) is 0 Å². The van der Waals surface area contributed by atoms with Crippen molar-refractivity contribution in [2.24, 2.45) is 0 Å². The highest BCUT2D eigenvalue weighted by Crippen LogP contribution is 2.28. The van der Waals surface area contributed by atoms with Crippen LogP contribution < -0.4 is 10.6 Å². The highest BCUT2D eigenvalue weighted by Gasteiger charge is 2.17. The molecule has 0 aliphatic rings. The van der Waals surface area contributed by atoms with Gasteiger partial charge in [-0.05, 0) is 32.1 Å². The first-order chi connectivity index (χ1) is 11.4. The van der Waals surface area contributed by atoms with Gasteiger partial charge in [0.1, 0.15) is 17.7 Å². The number of carbonyl (C=O) groups excluding carboxylic acids is 2. The van der Waals surface area contributed by atoms with Gasteiger partial charge in [-0.2, -0.15) is 0 Å². The highest BCUT2D eigenvalue weighted by atomic mass is 32.2. The topological polar surface area (TPSA) is 84.0 Å². The van der Waals surface area contributed by atoms with Crippen molar-refractivity contribution in [3.8, 4) is 0 Å². The van der Waals surface area contributed by atoms with Crippen LogP contribution >= 0.6 is 11.8 Å². The Balaban J connectivity index is 2.89. The number of carbonyl (C=O) groups is 2. The molecule has 0 bridgehead atoms. The first-order valence-electron chi connectivity index (χ1n) is 7.78. The molecule has 6 nitrogen and oxygen atoms in total. The molecule has 1 unspecified atom stereocenters. The molecule has 0 aromatic carbocycles. The van der Waals surface area contributed by atoms with E-state index in [1.165, 1.54) is 24.3 Å². The summed E-state index contributed by atoms with van der Waals surface area (Å²) in [4.78, 5) is 34.1. The van der Waals surface area contributed by atoms with E-state index in [1.807, 2.05) is 26.8 Å². The fraction of sp³-hybridized carbons (Fsp3) is 0.412. The summed E-state index contributed by atoms with van der Waals surface area (Å²) in [6.07, 6.45) is 6.22. The normalized spacial score (nSPS) is 13.4. The van der Waals surface area contributed by atoms with Gasteiger partial charge >= 0.3 is 0 Å². The molecule has 2 N–H and O–H groups in total. The number of allylic oxidation sites excluding steroid dienone is 3. The van der Waals surface area contributed by atoms with Gasteiger partial charge in [-0.3, -0.25) is 9.59 Å². The van der Waals surface area contributed by atoms with Gasteiger partial charge in [-0.1, -0.05) is 30.8 Å². The predicted molar refractivity (Wildman–Crippen MR) is 97.7 cm³/mol.